The molecule has 216 valence electrons. The quantitative estimate of drug-likeness (QED) is 0.277. The van der Waals surface area contributed by atoms with E-state index in [1.807, 2.05) is 12.1 Å². The fourth-order valence-electron chi connectivity index (χ4n) is 3.97. The van der Waals surface area contributed by atoms with Crippen LogP contribution in [0.25, 0.3) is 11.0 Å². The summed E-state index contributed by atoms with van der Waals surface area (Å²) in [6, 6.07) is 3.74. The zero-order chi connectivity index (χ0) is 30.2. The Morgan fingerprint density at radius 2 is 0.930 bits per heavy atom. The van der Waals surface area contributed by atoms with Crippen LogP contribution in [0.15, 0.2) is 12.1 Å². The molecule has 0 aliphatic carbocycles. The highest BCUT2D eigenvalue weighted by molar-refractivity contribution is 7.14. The summed E-state index contributed by atoms with van der Waals surface area (Å²) < 4.78 is 32.3. The van der Waals surface area contributed by atoms with Crippen molar-refractivity contribution in [2.24, 2.45) is 0 Å². The lowest BCUT2D eigenvalue weighted by Gasteiger charge is -2.15. The molecule has 1 aromatic carbocycles. The molecular weight excluding hydrogens is 605 g/mol. The number of benzene rings is 1. The van der Waals surface area contributed by atoms with E-state index in [1.54, 1.807) is 27.7 Å². The van der Waals surface area contributed by atoms with Gasteiger partial charge in [-0.1, -0.05) is 23.7 Å². The first-order valence-electron chi connectivity index (χ1n) is 13.2. The molecule has 2 aliphatic rings. The molecule has 6 rings (SSSR count). The zero-order valence-corrected chi connectivity index (χ0v) is 26.1. The van der Waals surface area contributed by atoms with Gasteiger partial charge in [0, 0.05) is 0 Å². The molecule has 0 atom stereocenters. The molecule has 0 saturated carbocycles. The Morgan fingerprint density at radius 3 is 1.28 bits per heavy atom. The first-order valence-corrected chi connectivity index (χ1v) is 15.6. The summed E-state index contributed by atoms with van der Waals surface area (Å²) in [7, 11) is 0. The summed E-state index contributed by atoms with van der Waals surface area (Å²) in [6.07, 6.45) is 0. The fraction of sp³-hybridized carbons (Fsp3) is 0.312. The van der Waals surface area contributed by atoms with E-state index in [1.165, 1.54) is 22.7 Å². The van der Waals surface area contributed by atoms with Crippen molar-refractivity contribution in [2.45, 2.75) is 38.9 Å². The molecular formula is C32H24N2O6S3. The lowest BCUT2D eigenvalue weighted by Crippen LogP contribution is -2.16. The predicted octanol–water partition coefficient (Wildman–Crippen LogP) is 4.40. The van der Waals surface area contributed by atoms with Crippen LogP contribution in [0.4, 0.5) is 0 Å². The first kappa shape index (κ1) is 28.9. The number of rotatable bonds is 0. The second kappa shape index (κ2) is 11.5. The highest BCUT2D eigenvalue weighted by Gasteiger charge is 2.25. The van der Waals surface area contributed by atoms with Gasteiger partial charge in [0.25, 0.3) is 0 Å². The van der Waals surface area contributed by atoms with Gasteiger partial charge in [0.1, 0.15) is 68.2 Å². The number of aromatic nitrogens is 2. The van der Waals surface area contributed by atoms with Crippen molar-refractivity contribution < 1.29 is 29.2 Å². The van der Waals surface area contributed by atoms with Gasteiger partial charge in [-0.2, -0.15) is 8.75 Å². The molecule has 43 heavy (non-hydrogen) atoms. The van der Waals surface area contributed by atoms with Crippen LogP contribution in [0.1, 0.15) is 58.3 Å². The molecule has 2 aliphatic heterocycles. The Hall–Kier alpha value is -4.20. The molecule has 0 radical (unpaired) electrons. The lowest BCUT2D eigenvalue weighted by molar-refractivity contribution is 0.143. The van der Waals surface area contributed by atoms with Crippen LogP contribution >= 0.6 is 34.4 Å². The SMILES string of the molecule is CC(C)(O)C#Cc1sc(C#Cc2ccc(C#Cc3sc(C#CC(C)(C)O)c4c3OCCO4)c3nsnc23)c2c1OCCO2. The minimum Gasteiger partial charge on any atom is -0.484 e. The van der Waals surface area contributed by atoms with Gasteiger partial charge < -0.3 is 29.2 Å². The third-order valence-electron chi connectivity index (χ3n) is 5.80. The number of hydrogen-bond donors (Lipinski definition) is 2. The fourth-order valence-corrected chi connectivity index (χ4v) is 6.33. The maximum Gasteiger partial charge on any atom is 0.189 e. The third kappa shape index (κ3) is 6.43. The summed E-state index contributed by atoms with van der Waals surface area (Å²) in [5, 5.41) is 20.1. The summed E-state index contributed by atoms with van der Waals surface area (Å²) in [4.78, 5) is 2.68. The minimum atomic E-state index is -1.14. The molecule has 0 saturated heterocycles. The van der Waals surface area contributed by atoms with Crippen molar-refractivity contribution >= 4 is 45.4 Å². The molecule has 0 bridgehead atoms. The second-order valence-electron chi connectivity index (χ2n) is 10.5. The van der Waals surface area contributed by atoms with Crippen LogP contribution < -0.4 is 18.9 Å². The second-order valence-corrected chi connectivity index (χ2v) is 13.0. The first-order chi connectivity index (χ1) is 20.6. The summed E-state index contributed by atoms with van der Waals surface area (Å²) >= 11 is 3.81. The van der Waals surface area contributed by atoms with Crippen molar-refractivity contribution in [2.75, 3.05) is 26.4 Å². The van der Waals surface area contributed by atoms with Crippen LogP contribution in [0.3, 0.4) is 0 Å². The normalized spacial score (nSPS) is 13.4. The van der Waals surface area contributed by atoms with Crippen molar-refractivity contribution in [1.82, 2.24) is 8.75 Å². The average molecular weight is 629 g/mol. The summed E-state index contributed by atoms with van der Waals surface area (Å²) in [5.41, 5.74) is 0.433. The monoisotopic (exact) mass is 628 g/mol. The van der Waals surface area contributed by atoms with E-state index < -0.39 is 11.2 Å². The van der Waals surface area contributed by atoms with E-state index in [2.05, 4.69) is 56.1 Å². The number of fused-ring (bicyclic) bond motifs is 3. The maximum absolute atomic E-state index is 10.0. The molecule has 11 heteroatoms. The number of nitrogens with zero attached hydrogens (tertiary/aromatic N) is 2. The Labute approximate surface area is 260 Å². The Bertz CT molecular complexity index is 1850. The molecule has 0 fully saturated rings. The van der Waals surface area contributed by atoms with Crippen molar-refractivity contribution in [3.63, 3.8) is 0 Å². The van der Waals surface area contributed by atoms with Gasteiger partial charge in [0.05, 0.1) is 22.9 Å². The Morgan fingerprint density at radius 1 is 0.581 bits per heavy atom. The van der Waals surface area contributed by atoms with E-state index in [-0.39, 0.29) is 0 Å². The lowest BCUT2D eigenvalue weighted by atomic mass is 10.1. The number of aliphatic hydroxyl groups is 2. The van der Waals surface area contributed by atoms with Crippen LogP contribution in [-0.2, 0) is 0 Å². The van der Waals surface area contributed by atoms with Crippen LogP contribution in [0, 0.1) is 47.4 Å². The van der Waals surface area contributed by atoms with E-state index in [0.29, 0.717) is 91.1 Å². The Kier molecular flexibility index (Phi) is 7.71. The smallest absolute Gasteiger partial charge is 0.189 e. The van der Waals surface area contributed by atoms with E-state index in [0.717, 1.165) is 11.7 Å². The average Bonchev–Trinajstić information content (AvgIpc) is 3.69. The highest BCUT2D eigenvalue weighted by atomic mass is 32.1. The molecule has 2 N–H and O–H groups in total. The summed E-state index contributed by atoms with van der Waals surface area (Å²) in [6.45, 7) is 8.19. The number of ether oxygens (including phenoxy) is 4. The molecule has 8 nitrogen and oxygen atoms in total. The summed E-state index contributed by atoms with van der Waals surface area (Å²) in [5.74, 6) is 26.7. The van der Waals surface area contributed by atoms with E-state index in [4.69, 9.17) is 18.9 Å². The van der Waals surface area contributed by atoms with Crippen LogP contribution in [0.2, 0.25) is 0 Å². The van der Waals surface area contributed by atoms with Crippen LogP contribution in [0.5, 0.6) is 23.0 Å². The maximum atomic E-state index is 10.0. The largest absolute Gasteiger partial charge is 0.484 e. The van der Waals surface area contributed by atoms with Gasteiger partial charge in [-0.25, -0.2) is 0 Å². The van der Waals surface area contributed by atoms with Crippen molar-refractivity contribution in [1.29, 1.82) is 0 Å². The van der Waals surface area contributed by atoms with Crippen molar-refractivity contribution in [3.8, 4) is 70.4 Å². The van der Waals surface area contributed by atoms with Gasteiger partial charge in [-0.05, 0) is 63.5 Å². The topological polar surface area (TPSA) is 103 Å². The molecule has 5 heterocycles. The third-order valence-corrected chi connectivity index (χ3v) is 8.29. The van der Waals surface area contributed by atoms with Gasteiger partial charge in [0.15, 0.2) is 23.0 Å². The zero-order valence-electron chi connectivity index (χ0n) is 23.6. The van der Waals surface area contributed by atoms with E-state index >= 15 is 0 Å². The van der Waals surface area contributed by atoms with Gasteiger partial charge in [-0.15, -0.1) is 22.7 Å². The molecule has 0 unspecified atom stereocenters. The van der Waals surface area contributed by atoms with Crippen molar-refractivity contribution in [3.05, 3.63) is 42.8 Å². The van der Waals surface area contributed by atoms with Gasteiger partial charge >= 0.3 is 0 Å². The standard InChI is InChI=1S/C32H24N2O6S3/c1-31(2,35)13-11-23-29-27(37-15-17-39-29)21(41-23)9-7-19-5-6-20(26-25(19)33-43-34-26)8-10-22-28-30(40-18-16-38-28)24(42-22)12-14-32(3,4)36/h5-6,35-36H,15-18H2,1-4H3. The number of thiophene rings is 2. The van der Waals surface area contributed by atoms with Gasteiger partial charge in [-0.3, -0.25) is 0 Å². The molecule has 3 aromatic heterocycles. The van der Waals surface area contributed by atoms with E-state index in [9.17, 15) is 10.2 Å². The number of hydrogen-bond acceptors (Lipinski definition) is 11. The molecule has 0 amide bonds. The van der Waals surface area contributed by atoms with Gasteiger partial charge in [0.2, 0.25) is 0 Å². The Balaban J connectivity index is 1.34. The predicted molar refractivity (Wildman–Crippen MR) is 166 cm³/mol. The molecule has 4 aromatic rings. The van der Waals surface area contributed by atoms with Crippen LogP contribution in [-0.4, -0.2) is 56.6 Å². The highest BCUT2D eigenvalue weighted by Crippen LogP contribution is 2.44. The molecule has 0 spiro atoms. The minimum absolute atomic E-state index is 0.419.